The van der Waals surface area contributed by atoms with Gasteiger partial charge in [-0.3, -0.25) is 0 Å². The van der Waals surface area contributed by atoms with E-state index in [1.807, 2.05) is 7.05 Å². The SMILES string of the molecule is CNC(COCCC(C)(C)C)c1ccc(C(C)(C)C)cc1. The summed E-state index contributed by atoms with van der Waals surface area (Å²) in [6.07, 6.45) is 1.09. The van der Waals surface area contributed by atoms with Crippen LogP contribution in [0.5, 0.6) is 0 Å². The lowest BCUT2D eigenvalue weighted by molar-refractivity contribution is 0.0914. The number of likely N-dealkylation sites (N-methyl/N-ethyl adjacent to an activating group) is 1. The molecule has 1 atom stereocenters. The van der Waals surface area contributed by atoms with E-state index in [0.717, 1.165) is 19.6 Å². The number of rotatable bonds is 6. The van der Waals surface area contributed by atoms with Crippen LogP contribution in [-0.4, -0.2) is 20.3 Å². The summed E-state index contributed by atoms with van der Waals surface area (Å²) in [5.74, 6) is 0. The number of nitrogens with one attached hydrogen (secondary N) is 1. The Hall–Kier alpha value is -0.860. The number of ether oxygens (including phenoxy) is 1. The van der Waals surface area contributed by atoms with Gasteiger partial charge in [-0.25, -0.2) is 0 Å². The maximum Gasteiger partial charge on any atom is 0.0661 e. The molecule has 1 N–H and O–H groups in total. The molecule has 21 heavy (non-hydrogen) atoms. The summed E-state index contributed by atoms with van der Waals surface area (Å²) in [6, 6.07) is 9.16. The lowest BCUT2D eigenvalue weighted by Crippen LogP contribution is -2.23. The molecule has 0 heterocycles. The summed E-state index contributed by atoms with van der Waals surface area (Å²) < 4.78 is 5.85. The van der Waals surface area contributed by atoms with Gasteiger partial charge >= 0.3 is 0 Å². The van der Waals surface area contributed by atoms with Crippen LogP contribution < -0.4 is 5.32 Å². The molecule has 0 bridgehead atoms. The lowest BCUT2D eigenvalue weighted by Gasteiger charge is -2.22. The number of benzene rings is 1. The highest BCUT2D eigenvalue weighted by Gasteiger charge is 2.15. The predicted molar refractivity (Wildman–Crippen MR) is 91.8 cm³/mol. The summed E-state index contributed by atoms with van der Waals surface area (Å²) in [5, 5.41) is 3.35. The summed E-state index contributed by atoms with van der Waals surface area (Å²) >= 11 is 0. The third-order valence-corrected chi connectivity index (χ3v) is 3.81. The molecule has 1 rings (SSSR count). The van der Waals surface area contributed by atoms with E-state index in [2.05, 4.69) is 71.1 Å². The molecule has 120 valence electrons. The minimum atomic E-state index is 0.205. The average molecular weight is 291 g/mol. The molecule has 0 saturated heterocycles. The Morgan fingerprint density at radius 3 is 2.00 bits per heavy atom. The molecular formula is C19H33NO. The molecule has 1 aromatic rings. The topological polar surface area (TPSA) is 21.3 Å². The van der Waals surface area contributed by atoms with E-state index in [0.29, 0.717) is 5.41 Å². The van der Waals surface area contributed by atoms with Crippen LogP contribution >= 0.6 is 0 Å². The second-order valence-electron chi connectivity index (χ2n) is 8.10. The van der Waals surface area contributed by atoms with Crippen LogP contribution in [0, 0.1) is 5.41 Å². The van der Waals surface area contributed by atoms with Gasteiger partial charge in [0.05, 0.1) is 12.6 Å². The molecule has 0 amide bonds. The first kappa shape index (κ1) is 18.2. The van der Waals surface area contributed by atoms with Gasteiger partial charge in [-0.05, 0) is 35.4 Å². The van der Waals surface area contributed by atoms with Crippen molar-refractivity contribution in [1.82, 2.24) is 5.32 Å². The first-order chi connectivity index (χ1) is 9.63. The van der Waals surface area contributed by atoms with Crippen LogP contribution in [0.15, 0.2) is 24.3 Å². The van der Waals surface area contributed by atoms with Gasteiger partial charge in [-0.2, -0.15) is 0 Å². The highest BCUT2D eigenvalue weighted by Crippen LogP contribution is 2.24. The highest BCUT2D eigenvalue weighted by atomic mass is 16.5. The predicted octanol–water partition coefficient (Wildman–Crippen LogP) is 4.70. The van der Waals surface area contributed by atoms with Gasteiger partial charge in [0.15, 0.2) is 0 Å². The molecular weight excluding hydrogens is 258 g/mol. The van der Waals surface area contributed by atoms with Gasteiger partial charge in [-0.15, -0.1) is 0 Å². The van der Waals surface area contributed by atoms with E-state index in [9.17, 15) is 0 Å². The maximum atomic E-state index is 5.85. The monoisotopic (exact) mass is 291 g/mol. The van der Waals surface area contributed by atoms with Crippen molar-refractivity contribution in [2.75, 3.05) is 20.3 Å². The third-order valence-electron chi connectivity index (χ3n) is 3.81. The normalized spacial score (nSPS) is 14.2. The van der Waals surface area contributed by atoms with Gasteiger partial charge in [0.1, 0.15) is 0 Å². The van der Waals surface area contributed by atoms with Gasteiger partial charge in [-0.1, -0.05) is 65.8 Å². The van der Waals surface area contributed by atoms with E-state index >= 15 is 0 Å². The molecule has 0 aliphatic carbocycles. The van der Waals surface area contributed by atoms with Crippen LogP contribution in [0.4, 0.5) is 0 Å². The van der Waals surface area contributed by atoms with Crippen molar-refractivity contribution in [3.8, 4) is 0 Å². The number of hydrogen-bond donors (Lipinski definition) is 1. The molecule has 2 nitrogen and oxygen atoms in total. The Kier molecular flexibility index (Phi) is 6.42. The molecule has 0 aliphatic heterocycles. The second-order valence-corrected chi connectivity index (χ2v) is 8.10. The van der Waals surface area contributed by atoms with Crippen LogP contribution in [0.25, 0.3) is 0 Å². The molecule has 0 aromatic heterocycles. The summed E-state index contributed by atoms with van der Waals surface area (Å²) in [4.78, 5) is 0. The zero-order valence-corrected chi connectivity index (χ0v) is 14.9. The maximum absolute atomic E-state index is 5.85. The molecule has 0 aliphatic rings. The summed E-state index contributed by atoms with van der Waals surface area (Å²) in [5.41, 5.74) is 3.21. The van der Waals surface area contributed by atoms with Gasteiger partial charge in [0, 0.05) is 6.61 Å². The fourth-order valence-electron chi connectivity index (χ4n) is 2.14. The zero-order valence-electron chi connectivity index (χ0n) is 14.9. The standard InChI is InChI=1S/C19H33NO/c1-18(2,3)12-13-21-14-17(20-7)15-8-10-16(11-9-15)19(4,5)6/h8-11,17,20H,12-14H2,1-7H3. The first-order valence-electron chi connectivity index (χ1n) is 7.99. The van der Waals surface area contributed by atoms with Crippen molar-refractivity contribution >= 4 is 0 Å². The lowest BCUT2D eigenvalue weighted by atomic mass is 9.86. The Balaban J connectivity index is 2.56. The molecule has 0 saturated carbocycles. The van der Waals surface area contributed by atoms with Crippen molar-refractivity contribution in [1.29, 1.82) is 0 Å². The van der Waals surface area contributed by atoms with Gasteiger partial charge in [0.25, 0.3) is 0 Å². The molecule has 1 unspecified atom stereocenters. The van der Waals surface area contributed by atoms with Crippen LogP contribution in [0.2, 0.25) is 0 Å². The van der Waals surface area contributed by atoms with Gasteiger partial charge in [0.2, 0.25) is 0 Å². The fraction of sp³-hybridized carbons (Fsp3) is 0.684. The van der Waals surface area contributed by atoms with Gasteiger partial charge < -0.3 is 10.1 Å². The van der Waals surface area contributed by atoms with E-state index < -0.39 is 0 Å². The fourth-order valence-corrected chi connectivity index (χ4v) is 2.14. The average Bonchev–Trinajstić information content (AvgIpc) is 2.37. The molecule has 1 aromatic carbocycles. The van der Waals surface area contributed by atoms with Crippen molar-refractivity contribution < 1.29 is 4.74 Å². The van der Waals surface area contributed by atoms with Crippen LogP contribution in [-0.2, 0) is 10.2 Å². The minimum Gasteiger partial charge on any atom is -0.379 e. The summed E-state index contributed by atoms with van der Waals surface area (Å²) in [6.45, 7) is 15.0. The first-order valence-corrected chi connectivity index (χ1v) is 7.99. The minimum absolute atomic E-state index is 0.205. The second kappa shape index (κ2) is 7.42. The zero-order chi connectivity index (χ0) is 16.1. The smallest absolute Gasteiger partial charge is 0.0661 e. The quantitative estimate of drug-likeness (QED) is 0.767. The van der Waals surface area contributed by atoms with E-state index in [1.165, 1.54) is 11.1 Å². The number of hydrogen-bond acceptors (Lipinski definition) is 2. The Labute approximate surface area is 131 Å². The molecule has 2 heteroatoms. The Bertz CT molecular complexity index is 409. The molecule has 0 spiro atoms. The van der Waals surface area contributed by atoms with E-state index in [-0.39, 0.29) is 11.5 Å². The van der Waals surface area contributed by atoms with Crippen LogP contribution in [0.3, 0.4) is 0 Å². The Morgan fingerprint density at radius 2 is 1.57 bits per heavy atom. The van der Waals surface area contributed by atoms with Crippen LogP contribution in [0.1, 0.15) is 65.1 Å². The largest absolute Gasteiger partial charge is 0.379 e. The highest BCUT2D eigenvalue weighted by molar-refractivity contribution is 5.29. The van der Waals surface area contributed by atoms with Crippen molar-refractivity contribution in [2.24, 2.45) is 5.41 Å². The van der Waals surface area contributed by atoms with Crippen molar-refractivity contribution in [3.05, 3.63) is 35.4 Å². The molecule has 0 fully saturated rings. The Morgan fingerprint density at radius 1 is 1.00 bits per heavy atom. The molecule has 0 radical (unpaired) electrons. The third kappa shape index (κ3) is 6.62. The van der Waals surface area contributed by atoms with E-state index in [1.54, 1.807) is 0 Å². The summed E-state index contributed by atoms with van der Waals surface area (Å²) in [7, 11) is 2.00. The van der Waals surface area contributed by atoms with Crippen molar-refractivity contribution in [3.63, 3.8) is 0 Å². The van der Waals surface area contributed by atoms with Crippen molar-refractivity contribution in [2.45, 2.75) is 59.4 Å². The van der Waals surface area contributed by atoms with E-state index in [4.69, 9.17) is 4.74 Å².